The number of carbonyl (C=O) groups is 2. The van der Waals surface area contributed by atoms with Crippen molar-refractivity contribution < 1.29 is 14.3 Å². The second kappa shape index (κ2) is 6.48. The summed E-state index contributed by atoms with van der Waals surface area (Å²) in [4.78, 5) is 30.5. The van der Waals surface area contributed by atoms with Crippen molar-refractivity contribution in [3.8, 4) is 0 Å². The van der Waals surface area contributed by atoms with Crippen LogP contribution in [0.1, 0.15) is 44.2 Å². The summed E-state index contributed by atoms with van der Waals surface area (Å²) in [5, 5.41) is 1.33. The van der Waals surface area contributed by atoms with E-state index in [0.717, 1.165) is 19.4 Å². The van der Waals surface area contributed by atoms with Gasteiger partial charge in [-0.15, -0.1) is 0 Å². The zero-order valence-corrected chi connectivity index (χ0v) is 16.5. The third-order valence-corrected chi connectivity index (χ3v) is 6.14. The van der Waals surface area contributed by atoms with Crippen molar-refractivity contribution in [2.45, 2.75) is 45.6 Å². The Morgan fingerprint density at radius 3 is 2.81 bits per heavy atom. The lowest BCUT2D eigenvalue weighted by molar-refractivity contribution is -0.157. The molecule has 5 nitrogen and oxygen atoms in total. The first-order chi connectivity index (χ1) is 12.8. The number of hydrogen-bond donors (Lipinski definition) is 1. The highest BCUT2D eigenvalue weighted by molar-refractivity contribution is 5.89. The molecule has 2 aliphatic rings. The molecule has 3 atom stereocenters. The van der Waals surface area contributed by atoms with E-state index < -0.39 is 5.41 Å². The van der Waals surface area contributed by atoms with Crippen molar-refractivity contribution in [1.82, 2.24) is 9.88 Å². The van der Waals surface area contributed by atoms with Gasteiger partial charge in [-0.3, -0.25) is 9.59 Å². The number of rotatable bonds is 3. The van der Waals surface area contributed by atoms with E-state index in [-0.39, 0.29) is 24.3 Å². The number of benzene rings is 1. The summed E-state index contributed by atoms with van der Waals surface area (Å²) in [7, 11) is 2.11. The molecule has 1 N–H and O–H groups in total. The smallest absolute Gasteiger partial charge is 0.311 e. The van der Waals surface area contributed by atoms with Gasteiger partial charge in [0, 0.05) is 41.5 Å². The van der Waals surface area contributed by atoms with Gasteiger partial charge in [0.2, 0.25) is 0 Å². The second-order valence-electron chi connectivity index (χ2n) is 9.13. The molecule has 1 aromatic heterocycles. The fourth-order valence-corrected chi connectivity index (χ4v) is 4.65. The van der Waals surface area contributed by atoms with Crippen LogP contribution in [0.4, 0.5) is 0 Å². The van der Waals surface area contributed by atoms with Crippen molar-refractivity contribution in [3.63, 3.8) is 0 Å². The molecule has 2 aromatic rings. The number of piperidine rings is 1. The molecule has 1 aliphatic heterocycles. The summed E-state index contributed by atoms with van der Waals surface area (Å²) in [5.41, 5.74) is 3.31. The van der Waals surface area contributed by atoms with Crippen LogP contribution in [0.5, 0.6) is 0 Å². The van der Waals surface area contributed by atoms with Crippen LogP contribution < -0.4 is 0 Å². The highest BCUT2D eigenvalue weighted by Gasteiger charge is 2.41. The third-order valence-electron chi connectivity index (χ3n) is 6.14. The van der Waals surface area contributed by atoms with Crippen molar-refractivity contribution in [2.24, 2.45) is 11.3 Å². The Balaban J connectivity index is 1.53. The number of likely N-dealkylation sites (tertiary alicyclic amines) is 1. The van der Waals surface area contributed by atoms with E-state index in [4.69, 9.17) is 4.74 Å². The van der Waals surface area contributed by atoms with Gasteiger partial charge >= 0.3 is 5.97 Å². The predicted octanol–water partition coefficient (Wildman–Crippen LogP) is 3.29. The lowest BCUT2D eigenvalue weighted by Crippen LogP contribution is -2.50. The van der Waals surface area contributed by atoms with E-state index in [1.165, 1.54) is 22.0 Å². The maximum absolute atomic E-state index is 12.8. The summed E-state index contributed by atoms with van der Waals surface area (Å²) in [6.07, 6.45) is 3.96. The quantitative estimate of drug-likeness (QED) is 0.845. The maximum atomic E-state index is 12.8. The van der Waals surface area contributed by atoms with Crippen LogP contribution in [0.15, 0.2) is 24.4 Å². The highest BCUT2D eigenvalue weighted by Crippen LogP contribution is 2.44. The fraction of sp³-hybridized carbons (Fsp3) is 0.545. The average molecular weight is 368 g/mol. The molecule has 0 radical (unpaired) electrons. The Bertz CT molecular complexity index is 893. The molecule has 1 saturated heterocycles. The molecule has 144 valence electrons. The largest absolute Gasteiger partial charge is 0.457 e. The molecule has 27 heavy (non-hydrogen) atoms. The van der Waals surface area contributed by atoms with Crippen molar-refractivity contribution in [2.75, 3.05) is 20.2 Å². The summed E-state index contributed by atoms with van der Waals surface area (Å²) >= 11 is 0. The van der Waals surface area contributed by atoms with Gasteiger partial charge in [0.25, 0.3) is 0 Å². The van der Waals surface area contributed by atoms with Gasteiger partial charge in [-0.1, -0.05) is 12.1 Å². The number of likely N-dealkylation sites (N-methyl/N-ethyl adjacent to an activating group) is 1. The number of H-pyrrole nitrogens is 1. The van der Waals surface area contributed by atoms with Crippen LogP contribution in [-0.4, -0.2) is 47.9 Å². The van der Waals surface area contributed by atoms with Crippen molar-refractivity contribution in [3.05, 3.63) is 35.5 Å². The number of ether oxygens (including phenoxy) is 1. The first-order valence-corrected chi connectivity index (χ1v) is 9.74. The van der Waals surface area contributed by atoms with Gasteiger partial charge < -0.3 is 14.6 Å². The maximum Gasteiger partial charge on any atom is 0.311 e. The molecule has 1 aliphatic carbocycles. The summed E-state index contributed by atoms with van der Waals surface area (Å²) in [6.45, 7) is 6.01. The van der Waals surface area contributed by atoms with E-state index >= 15 is 0 Å². The molecule has 5 heteroatoms. The third kappa shape index (κ3) is 3.18. The van der Waals surface area contributed by atoms with Crippen molar-refractivity contribution in [1.29, 1.82) is 0 Å². The first-order valence-electron chi connectivity index (χ1n) is 9.74. The van der Waals surface area contributed by atoms with Gasteiger partial charge in [0.15, 0.2) is 5.78 Å². The molecule has 0 bridgehead atoms. The molecular formula is C22H28N2O3. The molecule has 2 unspecified atom stereocenters. The molecule has 0 saturated carbocycles. The van der Waals surface area contributed by atoms with E-state index in [2.05, 4.69) is 41.3 Å². The SMILES string of the molecule is CN1CC(C(=O)COC(=O)C(C)(C)C)CC2c3cccc4[nH]cc(c34)C[C@H]21. The number of aromatic nitrogens is 1. The Labute approximate surface area is 160 Å². The van der Waals surface area contributed by atoms with Gasteiger partial charge in [-0.2, -0.15) is 0 Å². The number of fused-ring (bicyclic) bond motifs is 2. The average Bonchev–Trinajstić information content (AvgIpc) is 3.03. The number of hydrogen-bond acceptors (Lipinski definition) is 4. The number of esters is 1. The standard InChI is InChI=1S/C22H28N2O3/c1-22(2,3)21(26)27-12-19(25)14-8-16-15-6-5-7-17-20(15)13(10-23-17)9-18(16)24(4)11-14/h5-7,10,14,16,18,23H,8-9,11-12H2,1-4H3/t14?,16?,18-/m1/s1. The Hall–Kier alpha value is -2.14. The molecule has 1 aromatic carbocycles. The normalized spacial score (nSPS) is 25.3. The Morgan fingerprint density at radius 1 is 1.30 bits per heavy atom. The van der Waals surface area contributed by atoms with E-state index in [9.17, 15) is 9.59 Å². The predicted molar refractivity (Wildman–Crippen MR) is 105 cm³/mol. The number of ketones is 1. The summed E-state index contributed by atoms with van der Waals surface area (Å²) in [6, 6.07) is 6.83. The van der Waals surface area contributed by atoms with Gasteiger partial charge in [0.1, 0.15) is 6.61 Å². The number of aromatic amines is 1. The Kier molecular flexibility index (Phi) is 4.38. The molecule has 2 heterocycles. The van der Waals surface area contributed by atoms with Crippen LogP contribution in [0.25, 0.3) is 10.9 Å². The summed E-state index contributed by atoms with van der Waals surface area (Å²) in [5.74, 6) is -0.0509. The van der Waals surface area contributed by atoms with E-state index in [0.29, 0.717) is 12.0 Å². The monoisotopic (exact) mass is 368 g/mol. The summed E-state index contributed by atoms with van der Waals surface area (Å²) < 4.78 is 5.28. The molecular weight excluding hydrogens is 340 g/mol. The van der Waals surface area contributed by atoms with E-state index in [1.807, 2.05) is 0 Å². The van der Waals surface area contributed by atoms with Crippen LogP contribution >= 0.6 is 0 Å². The lowest BCUT2D eigenvalue weighted by Gasteiger charge is -2.45. The van der Waals surface area contributed by atoms with Gasteiger partial charge in [-0.05, 0) is 57.9 Å². The Morgan fingerprint density at radius 2 is 2.07 bits per heavy atom. The zero-order valence-electron chi connectivity index (χ0n) is 16.5. The minimum atomic E-state index is -0.585. The van der Waals surface area contributed by atoms with Gasteiger partial charge in [-0.25, -0.2) is 0 Å². The first kappa shape index (κ1) is 18.2. The molecule has 4 rings (SSSR count). The molecule has 1 fully saturated rings. The molecule has 0 amide bonds. The fourth-order valence-electron chi connectivity index (χ4n) is 4.65. The van der Waals surface area contributed by atoms with Crippen LogP contribution in [0.3, 0.4) is 0 Å². The van der Waals surface area contributed by atoms with Crippen LogP contribution in [0, 0.1) is 11.3 Å². The molecule has 0 spiro atoms. The minimum absolute atomic E-state index is 0.0324. The van der Waals surface area contributed by atoms with Gasteiger partial charge in [0.05, 0.1) is 5.41 Å². The topological polar surface area (TPSA) is 62.4 Å². The lowest BCUT2D eigenvalue weighted by atomic mass is 9.72. The highest BCUT2D eigenvalue weighted by atomic mass is 16.5. The number of carbonyl (C=O) groups excluding carboxylic acids is 2. The minimum Gasteiger partial charge on any atom is -0.457 e. The number of nitrogens with zero attached hydrogens (tertiary/aromatic N) is 1. The number of Topliss-reactive ketones (excluding diaryl/α,β-unsaturated/α-hetero) is 1. The number of nitrogens with one attached hydrogen (secondary N) is 1. The van der Waals surface area contributed by atoms with E-state index in [1.54, 1.807) is 20.8 Å². The van der Waals surface area contributed by atoms with Crippen LogP contribution in [0.2, 0.25) is 0 Å². The zero-order chi connectivity index (χ0) is 19.3. The van der Waals surface area contributed by atoms with Crippen molar-refractivity contribution >= 4 is 22.7 Å². The second-order valence-corrected chi connectivity index (χ2v) is 9.13. The van der Waals surface area contributed by atoms with Crippen LogP contribution in [-0.2, 0) is 20.7 Å².